The Hall–Kier alpha value is -4.26. The molecule has 0 aliphatic heterocycles. The molecule has 1 aliphatic rings. The molecule has 7 nitrogen and oxygen atoms in total. The van der Waals surface area contributed by atoms with Crippen LogP contribution >= 0.6 is 0 Å². The van der Waals surface area contributed by atoms with Gasteiger partial charge in [-0.15, -0.1) is 0 Å². The summed E-state index contributed by atoms with van der Waals surface area (Å²) in [6.07, 6.45) is 7.47. The van der Waals surface area contributed by atoms with Crippen LogP contribution in [0, 0.1) is 6.92 Å². The molecule has 1 amide bonds. The lowest BCUT2D eigenvalue weighted by atomic mass is 9.96. The molecular weight excluding hydrogens is 440 g/mol. The molecule has 2 aromatic carbocycles. The van der Waals surface area contributed by atoms with Crippen LogP contribution in [-0.2, 0) is 0 Å². The van der Waals surface area contributed by atoms with Gasteiger partial charge in [0.05, 0.1) is 5.56 Å². The van der Waals surface area contributed by atoms with Crippen LogP contribution in [0.1, 0.15) is 41.6 Å². The Morgan fingerprint density at radius 2 is 1.77 bits per heavy atom. The Morgan fingerprint density at radius 3 is 2.57 bits per heavy atom. The van der Waals surface area contributed by atoms with E-state index in [-0.39, 0.29) is 17.5 Å². The SMILES string of the molecule is Cc1c(-c2cncc(C(=O)NC3CCCC3)c2)c(-c2ccccc2Oc2ccccc2)n[nH]c1=O. The van der Waals surface area contributed by atoms with Gasteiger partial charge in [-0.25, -0.2) is 5.10 Å². The van der Waals surface area contributed by atoms with Gasteiger partial charge < -0.3 is 10.1 Å². The highest BCUT2D eigenvalue weighted by Gasteiger charge is 2.21. The molecule has 0 unspecified atom stereocenters. The van der Waals surface area contributed by atoms with E-state index in [1.54, 1.807) is 25.4 Å². The van der Waals surface area contributed by atoms with Gasteiger partial charge in [0.2, 0.25) is 0 Å². The summed E-state index contributed by atoms with van der Waals surface area (Å²) >= 11 is 0. The van der Waals surface area contributed by atoms with Gasteiger partial charge in [0.1, 0.15) is 17.2 Å². The number of hydrogen-bond donors (Lipinski definition) is 2. The van der Waals surface area contributed by atoms with Crippen molar-refractivity contribution in [3.05, 3.63) is 94.5 Å². The maximum absolute atomic E-state index is 12.9. The average molecular weight is 467 g/mol. The van der Waals surface area contributed by atoms with E-state index in [0.717, 1.165) is 25.7 Å². The molecule has 1 saturated carbocycles. The van der Waals surface area contributed by atoms with Crippen molar-refractivity contribution in [3.8, 4) is 33.9 Å². The van der Waals surface area contributed by atoms with Gasteiger partial charge >= 0.3 is 0 Å². The number of amides is 1. The summed E-state index contributed by atoms with van der Waals surface area (Å²) in [6.45, 7) is 1.74. The smallest absolute Gasteiger partial charge is 0.267 e. The van der Waals surface area contributed by atoms with Crippen molar-refractivity contribution in [3.63, 3.8) is 0 Å². The summed E-state index contributed by atoms with van der Waals surface area (Å²) in [4.78, 5) is 29.8. The largest absolute Gasteiger partial charge is 0.457 e. The number of rotatable bonds is 6. The van der Waals surface area contributed by atoms with E-state index in [0.29, 0.717) is 45.0 Å². The molecular formula is C28H26N4O3. The predicted molar refractivity (Wildman–Crippen MR) is 134 cm³/mol. The molecule has 2 heterocycles. The molecule has 35 heavy (non-hydrogen) atoms. The molecule has 1 aliphatic carbocycles. The molecule has 1 fully saturated rings. The zero-order valence-electron chi connectivity index (χ0n) is 19.5. The number of aromatic nitrogens is 3. The Morgan fingerprint density at radius 1 is 1.03 bits per heavy atom. The minimum atomic E-state index is -0.300. The number of hydrogen-bond acceptors (Lipinski definition) is 5. The Kier molecular flexibility index (Phi) is 6.39. The van der Waals surface area contributed by atoms with Crippen LogP contribution in [0.4, 0.5) is 0 Å². The third-order valence-corrected chi connectivity index (χ3v) is 6.31. The lowest BCUT2D eigenvalue weighted by molar-refractivity contribution is 0.0937. The highest BCUT2D eigenvalue weighted by atomic mass is 16.5. The Balaban J connectivity index is 1.57. The molecule has 2 aromatic heterocycles. The summed E-state index contributed by atoms with van der Waals surface area (Å²) in [6, 6.07) is 19.0. The van der Waals surface area contributed by atoms with E-state index in [2.05, 4.69) is 20.5 Å². The number of carbonyl (C=O) groups excluding carboxylic acids is 1. The van der Waals surface area contributed by atoms with Gasteiger partial charge in [0, 0.05) is 40.7 Å². The lowest BCUT2D eigenvalue weighted by Crippen LogP contribution is -2.32. The average Bonchev–Trinajstić information content (AvgIpc) is 3.40. The van der Waals surface area contributed by atoms with Crippen molar-refractivity contribution in [2.75, 3.05) is 0 Å². The summed E-state index contributed by atoms with van der Waals surface area (Å²) in [5.41, 5.74) is 3.15. The number of aromatic amines is 1. The van der Waals surface area contributed by atoms with Gasteiger partial charge in [-0.2, -0.15) is 5.10 Å². The van der Waals surface area contributed by atoms with Crippen molar-refractivity contribution in [1.82, 2.24) is 20.5 Å². The van der Waals surface area contributed by atoms with Crippen molar-refractivity contribution >= 4 is 5.91 Å². The molecule has 5 rings (SSSR count). The first-order chi connectivity index (χ1) is 17.1. The Bertz CT molecular complexity index is 1410. The van der Waals surface area contributed by atoms with Gasteiger partial charge in [0.25, 0.3) is 11.5 Å². The fourth-order valence-corrected chi connectivity index (χ4v) is 4.49. The van der Waals surface area contributed by atoms with Crippen LogP contribution in [-0.4, -0.2) is 27.1 Å². The number of pyridine rings is 1. The lowest BCUT2D eigenvalue weighted by Gasteiger charge is -2.16. The van der Waals surface area contributed by atoms with Crippen LogP contribution in [0.15, 0.2) is 77.9 Å². The van der Waals surface area contributed by atoms with Gasteiger partial charge in [-0.3, -0.25) is 14.6 Å². The molecule has 0 radical (unpaired) electrons. The van der Waals surface area contributed by atoms with E-state index in [1.807, 2.05) is 54.6 Å². The van der Waals surface area contributed by atoms with E-state index in [4.69, 9.17) is 4.74 Å². The minimum Gasteiger partial charge on any atom is -0.457 e. The third kappa shape index (κ3) is 4.84. The van der Waals surface area contributed by atoms with E-state index >= 15 is 0 Å². The second-order valence-corrected chi connectivity index (χ2v) is 8.73. The fraction of sp³-hybridized carbons (Fsp3) is 0.214. The van der Waals surface area contributed by atoms with Crippen LogP contribution in [0.5, 0.6) is 11.5 Å². The van der Waals surface area contributed by atoms with Crippen molar-refractivity contribution in [2.45, 2.75) is 38.6 Å². The molecule has 7 heteroatoms. The molecule has 4 aromatic rings. The highest BCUT2D eigenvalue weighted by molar-refractivity contribution is 5.96. The van der Waals surface area contributed by atoms with Gasteiger partial charge in [-0.05, 0) is 50.1 Å². The predicted octanol–water partition coefficient (Wildman–Crippen LogP) is 5.27. The Labute approximate surface area is 203 Å². The maximum Gasteiger partial charge on any atom is 0.267 e. The zero-order chi connectivity index (χ0) is 24.2. The summed E-state index contributed by atoms with van der Waals surface area (Å²) in [5, 5.41) is 10.1. The van der Waals surface area contributed by atoms with Gasteiger partial charge in [0.15, 0.2) is 0 Å². The number of H-pyrrole nitrogens is 1. The first-order valence-electron chi connectivity index (χ1n) is 11.8. The fourth-order valence-electron chi connectivity index (χ4n) is 4.49. The maximum atomic E-state index is 12.9. The summed E-state index contributed by atoms with van der Waals surface area (Å²) in [7, 11) is 0. The number of benzene rings is 2. The zero-order valence-corrected chi connectivity index (χ0v) is 19.5. The van der Waals surface area contributed by atoms with Crippen LogP contribution < -0.4 is 15.6 Å². The van der Waals surface area contributed by atoms with Crippen molar-refractivity contribution in [1.29, 1.82) is 0 Å². The number of nitrogens with one attached hydrogen (secondary N) is 2. The molecule has 0 saturated heterocycles. The normalized spacial score (nSPS) is 13.5. The van der Waals surface area contributed by atoms with Crippen molar-refractivity contribution in [2.24, 2.45) is 0 Å². The monoisotopic (exact) mass is 466 g/mol. The molecule has 0 spiro atoms. The number of ether oxygens (including phenoxy) is 1. The second-order valence-electron chi connectivity index (χ2n) is 8.73. The van der Waals surface area contributed by atoms with Crippen LogP contribution in [0.3, 0.4) is 0 Å². The van der Waals surface area contributed by atoms with E-state index < -0.39 is 0 Å². The number of para-hydroxylation sites is 2. The van der Waals surface area contributed by atoms with Crippen LogP contribution in [0.25, 0.3) is 22.4 Å². The van der Waals surface area contributed by atoms with Gasteiger partial charge in [-0.1, -0.05) is 43.2 Å². The first-order valence-corrected chi connectivity index (χ1v) is 11.8. The molecule has 0 bridgehead atoms. The second kappa shape index (κ2) is 9.93. The van der Waals surface area contributed by atoms with E-state index in [1.165, 1.54) is 0 Å². The topological polar surface area (TPSA) is 97.0 Å². The molecule has 0 atom stereocenters. The number of nitrogens with zero attached hydrogens (tertiary/aromatic N) is 2. The van der Waals surface area contributed by atoms with E-state index in [9.17, 15) is 9.59 Å². The first kappa shape index (κ1) is 22.5. The van der Waals surface area contributed by atoms with Crippen molar-refractivity contribution < 1.29 is 9.53 Å². The number of carbonyl (C=O) groups is 1. The van der Waals surface area contributed by atoms with Crippen LogP contribution in [0.2, 0.25) is 0 Å². The highest BCUT2D eigenvalue weighted by Crippen LogP contribution is 2.38. The standard InChI is InChI=1S/C28H26N4O3/c1-18-25(19-15-20(17-29-16-19)28(34)30-21-9-5-6-10-21)26(31-32-27(18)33)23-13-7-8-14-24(23)35-22-11-3-2-4-12-22/h2-4,7-8,11-17,21H,5-6,9-10H2,1H3,(H,30,34)(H,32,33). The minimum absolute atomic E-state index is 0.156. The third-order valence-electron chi connectivity index (χ3n) is 6.31. The quantitative estimate of drug-likeness (QED) is 0.403. The molecule has 2 N–H and O–H groups in total. The molecule has 176 valence electrons. The summed E-state index contributed by atoms with van der Waals surface area (Å²) in [5.74, 6) is 1.13. The summed E-state index contributed by atoms with van der Waals surface area (Å²) < 4.78 is 6.15.